The van der Waals surface area contributed by atoms with Crippen LogP contribution in [0.25, 0.3) is 0 Å². The van der Waals surface area contributed by atoms with E-state index < -0.39 is 0 Å². The molecule has 1 fully saturated rings. The van der Waals surface area contributed by atoms with Crippen molar-refractivity contribution in [2.75, 3.05) is 19.7 Å². The molecule has 0 saturated carbocycles. The van der Waals surface area contributed by atoms with Crippen molar-refractivity contribution in [1.29, 1.82) is 0 Å². The molecule has 1 atom stereocenters. The van der Waals surface area contributed by atoms with Gasteiger partial charge in [0, 0.05) is 19.1 Å². The smallest absolute Gasteiger partial charge is 0.131 e. The third-order valence-electron chi connectivity index (χ3n) is 3.63. The van der Waals surface area contributed by atoms with Crippen molar-refractivity contribution in [1.82, 2.24) is 4.90 Å². The van der Waals surface area contributed by atoms with Gasteiger partial charge in [-0.15, -0.1) is 0 Å². The Kier molecular flexibility index (Phi) is 7.45. The average Bonchev–Trinajstić information content (AvgIpc) is 2.30. The zero-order valence-electron chi connectivity index (χ0n) is 11.2. The van der Waals surface area contributed by atoms with Crippen LogP contribution in [0.1, 0.15) is 58.3 Å². The van der Waals surface area contributed by atoms with Gasteiger partial charge in [-0.2, -0.15) is 0 Å². The normalized spacial score (nSPS) is 21.6. The first-order valence-electron chi connectivity index (χ1n) is 7.08. The van der Waals surface area contributed by atoms with Gasteiger partial charge in [0.15, 0.2) is 0 Å². The van der Waals surface area contributed by atoms with Crippen molar-refractivity contribution in [3.63, 3.8) is 0 Å². The number of likely N-dealkylation sites (tertiary alicyclic amines) is 1. The van der Waals surface area contributed by atoms with Crippen LogP contribution in [0.3, 0.4) is 0 Å². The Bertz CT molecular complexity index is 218. The van der Waals surface area contributed by atoms with E-state index in [0.717, 1.165) is 32.4 Å². The lowest BCUT2D eigenvalue weighted by molar-refractivity contribution is -0.118. The second kappa shape index (κ2) is 8.65. The van der Waals surface area contributed by atoms with Gasteiger partial charge >= 0.3 is 0 Å². The van der Waals surface area contributed by atoms with Crippen LogP contribution in [0.2, 0.25) is 0 Å². The van der Waals surface area contributed by atoms with Gasteiger partial charge in [-0.05, 0) is 45.7 Å². The molecule has 1 unspecified atom stereocenters. The molecule has 1 aliphatic rings. The Morgan fingerprint density at radius 3 is 2.71 bits per heavy atom. The first-order valence-corrected chi connectivity index (χ1v) is 7.08. The lowest BCUT2D eigenvalue weighted by Crippen LogP contribution is -2.41. The van der Waals surface area contributed by atoms with Crippen LogP contribution in [0, 0.1) is 0 Å². The number of unbranched alkanes of at least 4 members (excludes halogenated alkanes) is 3. The van der Waals surface area contributed by atoms with Crippen LogP contribution in [0.15, 0.2) is 0 Å². The number of ketones is 1. The van der Waals surface area contributed by atoms with Crippen molar-refractivity contribution in [3.05, 3.63) is 0 Å². The predicted octanol–water partition coefficient (Wildman–Crippen LogP) is 2.37. The van der Waals surface area contributed by atoms with Gasteiger partial charge in [-0.3, -0.25) is 9.69 Å². The molecule has 0 aliphatic carbocycles. The van der Waals surface area contributed by atoms with E-state index in [1.165, 1.54) is 32.1 Å². The Morgan fingerprint density at radius 2 is 2.00 bits per heavy atom. The highest BCUT2D eigenvalue weighted by Crippen LogP contribution is 2.20. The van der Waals surface area contributed by atoms with Gasteiger partial charge in [0.25, 0.3) is 0 Å². The average molecular weight is 241 g/mol. The van der Waals surface area contributed by atoms with Gasteiger partial charge in [0.1, 0.15) is 5.78 Å². The van der Waals surface area contributed by atoms with E-state index in [4.69, 9.17) is 5.11 Å². The molecule has 0 spiro atoms. The van der Waals surface area contributed by atoms with Crippen molar-refractivity contribution in [2.24, 2.45) is 0 Å². The quantitative estimate of drug-likeness (QED) is 0.663. The van der Waals surface area contributed by atoms with Gasteiger partial charge in [0.2, 0.25) is 0 Å². The summed E-state index contributed by atoms with van der Waals surface area (Å²) in [6, 6.07) is 0.499. The van der Waals surface area contributed by atoms with Crippen LogP contribution in [-0.4, -0.2) is 41.5 Å². The molecule has 0 amide bonds. The first kappa shape index (κ1) is 14.7. The summed E-state index contributed by atoms with van der Waals surface area (Å²) in [5.41, 5.74) is 0. The molecule has 1 N–H and O–H groups in total. The van der Waals surface area contributed by atoms with E-state index in [9.17, 15) is 4.79 Å². The second-order valence-electron chi connectivity index (χ2n) is 5.23. The highest BCUT2D eigenvalue weighted by atomic mass is 16.2. The molecule has 17 heavy (non-hydrogen) atoms. The number of hydrogen-bond donors (Lipinski definition) is 1. The van der Waals surface area contributed by atoms with E-state index in [1.807, 2.05) is 0 Å². The lowest BCUT2D eigenvalue weighted by Gasteiger charge is -2.35. The molecule has 0 aromatic rings. The predicted molar refractivity (Wildman–Crippen MR) is 70.1 cm³/mol. The summed E-state index contributed by atoms with van der Waals surface area (Å²) >= 11 is 0. The largest absolute Gasteiger partial charge is 0.396 e. The first-order chi connectivity index (χ1) is 8.24. The number of aliphatic hydroxyl groups excluding tert-OH is 1. The molecule has 3 nitrogen and oxygen atoms in total. The molecule has 1 saturated heterocycles. The monoisotopic (exact) mass is 241 g/mol. The van der Waals surface area contributed by atoms with E-state index >= 15 is 0 Å². The maximum atomic E-state index is 11.2. The number of nitrogens with zero attached hydrogens (tertiary/aromatic N) is 1. The Balaban J connectivity index is 2.20. The SMILES string of the molecule is CC(=O)CC1CCCCN1CCCCCCO. The van der Waals surface area contributed by atoms with Crippen molar-refractivity contribution >= 4 is 5.78 Å². The fourth-order valence-electron chi connectivity index (χ4n) is 2.70. The standard InChI is InChI=1S/C14H27NO2/c1-13(17)12-14-8-4-6-10-15(14)9-5-2-3-7-11-16/h14,16H,2-12H2,1H3. The minimum Gasteiger partial charge on any atom is -0.396 e. The minimum atomic E-state index is 0.316. The zero-order chi connectivity index (χ0) is 12.5. The molecular weight excluding hydrogens is 214 g/mol. The highest BCUT2D eigenvalue weighted by molar-refractivity contribution is 5.76. The Morgan fingerprint density at radius 1 is 1.24 bits per heavy atom. The molecule has 0 bridgehead atoms. The Hall–Kier alpha value is -0.410. The fourth-order valence-corrected chi connectivity index (χ4v) is 2.70. The summed E-state index contributed by atoms with van der Waals surface area (Å²) in [6.45, 7) is 4.31. The van der Waals surface area contributed by atoms with Crippen LogP contribution < -0.4 is 0 Å². The molecule has 0 aromatic carbocycles. The van der Waals surface area contributed by atoms with E-state index in [2.05, 4.69) is 4.90 Å². The summed E-state index contributed by atoms with van der Waals surface area (Å²) in [6.07, 6.45) is 8.94. The number of hydrogen-bond acceptors (Lipinski definition) is 3. The number of aliphatic hydroxyl groups is 1. The van der Waals surface area contributed by atoms with Gasteiger partial charge < -0.3 is 5.11 Å². The molecule has 1 heterocycles. The van der Waals surface area contributed by atoms with Crippen LogP contribution in [-0.2, 0) is 4.79 Å². The summed E-state index contributed by atoms with van der Waals surface area (Å²) < 4.78 is 0. The minimum absolute atomic E-state index is 0.316. The zero-order valence-corrected chi connectivity index (χ0v) is 11.2. The van der Waals surface area contributed by atoms with Crippen molar-refractivity contribution in [2.45, 2.75) is 64.3 Å². The molecule has 0 radical (unpaired) electrons. The highest BCUT2D eigenvalue weighted by Gasteiger charge is 2.22. The fraction of sp³-hybridized carbons (Fsp3) is 0.929. The van der Waals surface area contributed by atoms with Crippen LogP contribution >= 0.6 is 0 Å². The van der Waals surface area contributed by atoms with Crippen LogP contribution in [0.4, 0.5) is 0 Å². The summed E-state index contributed by atoms with van der Waals surface area (Å²) in [4.78, 5) is 13.7. The maximum Gasteiger partial charge on any atom is 0.131 e. The third-order valence-corrected chi connectivity index (χ3v) is 3.63. The lowest BCUT2D eigenvalue weighted by atomic mass is 9.97. The molecule has 3 heteroatoms. The van der Waals surface area contributed by atoms with Gasteiger partial charge in [0.05, 0.1) is 0 Å². The second-order valence-corrected chi connectivity index (χ2v) is 5.23. The number of carbonyl (C=O) groups is 1. The Labute approximate surface area is 105 Å². The van der Waals surface area contributed by atoms with Crippen molar-refractivity contribution in [3.8, 4) is 0 Å². The number of carbonyl (C=O) groups excluding carboxylic acids is 1. The molecular formula is C14H27NO2. The molecule has 1 rings (SSSR count). The van der Waals surface area contributed by atoms with E-state index in [0.29, 0.717) is 18.4 Å². The van der Waals surface area contributed by atoms with E-state index in [1.54, 1.807) is 6.92 Å². The summed E-state index contributed by atoms with van der Waals surface area (Å²) in [7, 11) is 0. The van der Waals surface area contributed by atoms with Crippen molar-refractivity contribution < 1.29 is 9.90 Å². The molecule has 0 aromatic heterocycles. The topological polar surface area (TPSA) is 40.5 Å². The van der Waals surface area contributed by atoms with Gasteiger partial charge in [-0.1, -0.05) is 19.3 Å². The van der Waals surface area contributed by atoms with Crippen LogP contribution in [0.5, 0.6) is 0 Å². The number of Topliss-reactive ketones (excluding diaryl/α,β-unsaturated/α-hetero) is 1. The summed E-state index contributed by atoms with van der Waals surface area (Å²) in [5, 5.41) is 8.71. The molecule has 1 aliphatic heterocycles. The van der Waals surface area contributed by atoms with E-state index in [-0.39, 0.29) is 0 Å². The maximum absolute atomic E-state index is 11.2. The number of piperidine rings is 1. The number of rotatable bonds is 8. The third kappa shape index (κ3) is 6.18. The van der Waals surface area contributed by atoms with Gasteiger partial charge in [-0.25, -0.2) is 0 Å². The summed E-state index contributed by atoms with van der Waals surface area (Å²) in [5.74, 6) is 0.321. The molecule has 100 valence electrons.